The van der Waals surface area contributed by atoms with Gasteiger partial charge in [-0.05, 0) is 82.5 Å². The van der Waals surface area contributed by atoms with Crippen molar-refractivity contribution in [1.29, 1.82) is 0 Å². The quantitative estimate of drug-likeness (QED) is 0.109. The Hall–Kier alpha value is -6.68. The molecule has 0 unspecified atom stereocenters. The Balaban J connectivity index is 1.28. The van der Waals surface area contributed by atoms with Crippen molar-refractivity contribution in [3.8, 4) is 22.3 Å². The number of aliphatic imine (C=N–C) groups is 2. The van der Waals surface area contributed by atoms with Crippen LogP contribution in [-0.2, 0) is 5.41 Å². The maximum atomic E-state index is 5.13. The van der Waals surface area contributed by atoms with Crippen LogP contribution in [-0.4, -0.2) is 11.5 Å². The van der Waals surface area contributed by atoms with Crippen molar-refractivity contribution < 1.29 is 0 Å². The molecule has 3 heteroatoms. The summed E-state index contributed by atoms with van der Waals surface area (Å²) in [4.78, 5) is 11.5. The fourth-order valence-corrected chi connectivity index (χ4v) is 9.82. The number of amidine groups is 1. The van der Waals surface area contributed by atoms with Crippen LogP contribution in [0.15, 0.2) is 199 Å². The summed E-state index contributed by atoms with van der Waals surface area (Å²) >= 11 is 1.91. The van der Waals surface area contributed by atoms with Crippen LogP contribution in [0.4, 0.5) is 0 Å². The van der Waals surface area contributed by atoms with Gasteiger partial charge in [-0.1, -0.05) is 189 Å². The Morgan fingerprint density at radius 1 is 0.596 bits per heavy atom. The molecule has 0 N–H and O–H groups in total. The first kappa shape index (κ1) is 36.0. The summed E-state index contributed by atoms with van der Waals surface area (Å²) in [5.41, 5.74) is 15.4. The molecule has 2 nitrogen and oxygen atoms in total. The Bertz CT molecular complexity index is 2810. The molecule has 57 heavy (non-hydrogen) atoms. The zero-order chi connectivity index (χ0) is 38.9. The van der Waals surface area contributed by atoms with E-state index >= 15 is 0 Å². The van der Waals surface area contributed by atoms with Gasteiger partial charge in [-0.2, -0.15) is 0 Å². The molecule has 0 aliphatic heterocycles. The highest BCUT2D eigenvalue weighted by atomic mass is 32.1. The lowest BCUT2D eigenvalue weighted by molar-refractivity contribution is 0.769. The molecule has 0 fully saturated rings. The summed E-state index contributed by atoms with van der Waals surface area (Å²) in [5.74, 6) is 0.625. The van der Waals surface area contributed by atoms with Gasteiger partial charge in [0.15, 0.2) is 5.84 Å². The molecule has 1 aliphatic rings. The average Bonchev–Trinajstić information content (AvgIpc) is 3.76. The fourth-order valence-electron chi connectivity index (χ4n) is 8.59. The van der Waals surface area contributed by atoms with Crippen molar-refractivity contribution in [2.45, 2.75) is 26.2 Å². The molecular formula is C54H42N2S. The molecule has 0 atom stereocenters. The van der Waals surface area contributed by atoms with Crippen LogP contribution in [0, 0.1) is 6.92 Å². The van der Waals surface area contributed by atoms with Gasteiger partial charge in [0.25, 0.3) is 0 Å². The number of hydrogen-bond acceptors (Lipinski definition) is 2. The third kappa shape index (κ3) is 6.21. The second kappa shape index (κ2) is 15.1. The van der Waals surface area contributed by atoms with Crippen LogP contribution in [0.3, 0.4) is 0 Å². The zero-order valence-electron chi connectivity index (χ0n) is 32.4. The number of nitrogens with zero attached hydrogens (tertiary/aromatic N) is 2. The molecule has 0 saturated carbocycles. The predicted molar refractivity (Wildman–Crippen MR) is 245 cm³/mol. The van der Waals surface area contributed by atoms with E-state index < -0.39 is 5.41 Å². The summed E-state index contributed by atoms with van der Waals surface area (Å²) in [6, 6.07) is 62.8. The standard InChI is InChI=1S/C54H42N2S/c1-5-20-45-38(4)57-52-50(45)47(35-49-51(52)46-29-18-19-30-48(46)54(49,43-25-14-8-15-26-43)44-27-16-9-17-28-44)41-31-33-42(34-32-41)53(55-36(2)39-21-10-6-11-22-39)56-37(3)40-23-12-7-13-24-40/h5-35H,2H2,1,3-4H3/b20-5-,55-53?,56-37?. The summed E-state index contributed by atoms with van der Waals surface area (Å²) in [5, 5.41) is 1.29. The maximum absolute atomic E-state index is 5.13. The maximum Gasteiger partial charge on any atom is 0.160 e. The lowest BCUT2D eigenvalue weighted by Crippen LogP contribution is -2.28. The first-order chi connectivity index (χ1) is 28.0. The molecule has 0 amide bonds. The molecule has 9 rings (SSSR count). The van der Waals surface area contributed by atoms with Crippen LogP contribution in [0.1, 0.15) is 63.2 Å². The number of hydrogen-bond donors (Lipinski definition) is 0. The predicted octanol–water partition coefficient (Wildman–Crippen LogP) is 14.2. The van der Waals surface area contributed by atoms with Gasteiger partial charge in [0.05, 0.1) is 11.1 Å². The van der Waals surface area contributed by atoms with Crippen LogP contribution in [0.5, 0.6) is 0 Å². The van der Waals surface area contributed by atoms with E-state index in [2.05, 4.69) is 160 Å². The Kier molecular flexibility index (Phi) is 9.54. The third-order valence-corrected chi connectivity index (χ3v) is 12.3. The van der Waals surface area contributed by atoms with E-state index in [-0.39, 0.29) is 0 Å². The molecule has 7 aromatic carbocycles. The zero-order valence-corrected chi connectivity index (χ0v) is 33.2. The first-order valence-electron chi connectivity index (χ1n) is 19.5. The van der Waals surface area contributed by atoms with Gasteiger partial charge >= 0.3 is 0 Å². The highest BCUT2D eigenvalue weighted by Gasteiger charge is 2.47. The first-order valence-corrected chi connectivity index (χ1v) is 20.3. The second-order valence-electron chi connectivity index (χ2n) is 14.5. The van der Waals surface area contributed by atoms with Crippen LogP contribution >= 0.6 is 11.3 Å². The molecule has 8 aromatic rings. The van der Waals surface area contributed by atoms with Gasteiger partial charge in [-0.15, -0.1) is 11.3 Å². The van der Waals surface area contributed by atoms with Crippen molar-refractivity contribution in [3.63, 3.8) is 0 Å². The summed E-state index contributed by atoms with van der Waals surface area (Å²) in [7, 11) is 0. The van der Waals surface area contributed by atoms with E-state index in [9.17, 15) is 0 Å². The minimum atomic E-state index is -0.503. The van der Waals surface area contributed by atoms with Gasteiger partial charge in [-0.3, -0.25) is 0 Å². The number of benzene rings is 7. The molecule has 0 saturated heterocycles. The minimum absolute atomic E-state index is 0.503. The van der Waals surface area contributed by atoms with Crippen molar-refractivity contribution in [2.75, 3.05) is 0 Å². The van der Waals surface area contributed by atoms with E-state index in [0.29, 0.717) is 11.5 Å². The van der Waals surface area contributed by atoms with Crippen molar-refractivity contribution in [2.24, 2.45) is 9.98 Å². The van der Waals surface area contributed by atoms with Crippen LogP contribution in [0.2, 0.25) is 0 Å². The van der Waals surface area contributed by atoms with Gasteiger partial charge in [0.1, 0.15) is 0 Å². The van der Waals surface area contributed by atoms with Gasteiger partial charge in [0, 0.05) is 31.8 Å². The lowest BCUT2D eigenvalue weighted by Gasteiger charge is -2.34. The number of allylic oxidation sites excluding steroid dienone is 1. The van der Waals surface area contributed by atoms with Crippen molar-refractivity contribution >= 4 is 44.7 Å². The summed E-state index contributed by atoms with van der Waals surface area (Å²) in [6.45, 7) is 10.8. The van der Waals surface area contributed by atoms with E-state index in [4.69, 9.17) is 9.98 Å². The molecule has 0 spiro atoms. The number of aryl methyl sites for hydroxylation is 1. The number of rotatable bonds is 8. The molecule has 1 aromatic heterocycles. The molecular weight excluding hydrogens is 709 g/mol. The van der Waals surface area contributed by atoms with Crippen molar-refractivity contribution in [1.82, 2.24) is 0 Å². The molecule has 274 valence electrons. The Labute approximate surface area is 339 Å². The summed E-state index contributed by atoms with van der Waals surface area (Å²) < 4.78 is 1.32. The molecule has 0 radical (unpaired) electrons. The third-order valence-electron chi connectivity index (χ3n) is 11.2. The summed E-state index contributed by atoms with van der Waals surface area (Å²) in [6.07, 6.45) is 4.44. The van der Waals surface area contributed by atoms with E-state index in [1.54, 1.807) is 0 Å². The van der Waals surface area contributed by atoms with E-state index in [1.165, 1.54) is 59.5 Å². The lowest BCUT2D eigenvalue weighted by atomic mass is 9.67. The van der Waals surface area contributed by atoms with Gasteiger partial charge < -0.3 is 0 Å². The molecule has 1 heterocycles. The largest absolute Gasteiger partial charge is 0.233 e. The highest BCUT2D eigenvalue weighted by Crippen LogP contribution is 2.60. The van der Waals surface area contributed by atoms with Gasteiger partial charge in [0.2, 0.25) is 0 Å². The average molecular weight is 751 g/mol. The monoisotopic (exact) mass is 750 g/mol. The van der Waals surface area contributed by atoms with E-state index in [0.717, 1.165) is 28.0 Å². The van der Waals surface area contributed by atoms with E-state index in [1.807, 2.05) is 66.8 Å². The van der Waals surface area contributed by atoms with Gasteiger partial charge in [-0.25, -0.2) is 9.98 Å². The highest BCUT2D eigenvalue weighted by molar-refractivity contribution is 7.20. The van der Waals surface area contributed by atoms with Crippen LogP contribution < -0.4 is 0 Å². The Morgan fingerprint density at radius 2 is 1.16 bits per heavy atom. The Morgan fingerprint density at radius 3 is 1.77 bits per heavy atom. The normalized spacial score (nSPS) is 13.5. The van der Waals surface area contributed by atoms with Crippen molar-refractivity contribution in [3.05, 3.63) is 238 Å². The molecule has 1 aliphatic carbocycles. The second-order valence-corrected chi connectivity index (χ2v) is 15.8. The minimum Gasteiger partial charge on any atom is -0.233 e. The number of thiophene rings is 1. The molecule has 0 bridgehead atoms. The fraction of sp³-hybridized carbons (Fsp3) is 0.0741. The topological polar surface area (TPSA) is 24.7 Å². The number of fused-ring (bicyclic) bond motifs is 5. The SMILES string of the molecule is C=C(N=C(N=C(C)c1ccccc1)c1ccc(-c2cc3c(c4sc(C)c(/C=C\C)c24)-c2ccccc2C3(c2ccccc2)c2ccccc2)cc1)c1ccccc1. The smallest absolute Gasteiger partial charge is 0.160 e. The van der Waals surface area contributed by atoms with Crippen LogP contribution in [0.25, 0.3) is 44.1 Å².